The van der Waals surface area contributed by atoms with E-state index in [1.807, 2.05) is 6.92 Å². The molecule has 1 aromatic rings. The summed E-state index contributed by atoms with van der Waals surface area (Å²) in [7, 11) is 0. The molecule has 0 saturated carbocycles. The maximum atomic E-state index is 13.3. The number of nitrogens with zero attached hydrogens (tertiary/aromatic N) is 1. The molecule has 19 heavy (non-hydrogen) atoms. The van der Waals surface area contributed by atoms with Gasteiger partial charge >= 0.3 is 0 Å². The average molecular weight is 329 g/mol. The van der Waals surface area contributed by atoms with Crippen molar-refractivity contribution in [3.63, 3.8) is 0 Å². The van der Waals surface area contributed by atoms with E-state index in [9.17, 15) is 14.0 Å². The normalized spacial score (nSPS) is 19.5. The van der Waals surface area contributed by atoms with E-state index < -0.39 is 11.9 Å². The summed E-state index contributed by atoms with van der Waals surface area (Å²) in [6, 6.07) is 3.55. The van der Waals surface area contributed by atoms with Crippen molar-refractivity contribution in [1.82, 2.24) is 5.32 Å². The number of rotatable bonds is 3. The molecule has 1 N–H and O–H groups in total. The second-order valence-corrected chi connectivity index (χ2v) is 5.28. The summed E-state index contributed by atoms with van der Waals surface area (Å²) in [5.74, 6) is -0.869. The van der Waals surface area contributed by atoms with Crippen molar-refractivity contribution in [1.29, 1.82) is 0 Å². The molecule has 2 amide bonds. The molecule has 1 unspecified atom stereocenters. The molecule has 0 aromatic heterocycles. The van der Waals surface area contributed by atoms with Crippen molar-refractivity contribution in [2.24, 2.45) is 0 Å². The highest BCUT2D eigenvalue weighted by atomic mass is 79.9. The lowest BCUT2D eigenvalue weighted by molar-refractivity contribution is -0.131. The van der Waals surface area contributed by atoms with Crippen molar-refractivity contribution < 1.29 is 14.0 Å². The predicted molar refractivity (Wildman–Crippen MR) is 73.3 cm³/mol. The Morgan fingerprint density at radius 2 is 2.21 bits per heavy atom. The molecular formula is C13H14BrFN2O2. The Morgan fingerprint density at radius 3 is 2.89 bits per heavy atom. The number of hydrogen-bond acceptors (Lipinski definition) is 2. The second kappa shape index (κ2) is 5.69. The SMILES string of the molecule is CCCC1NC(=O)CN(c2cc(F)ccc2Br)C1=O. The van der Waals surface area contributed by atoms with Gasteiger partial charge in [-0.25, -0.2) is 4.39 Å². The minimum Gasteiger partial charge on any atom is -0.343 e. The quantitative estimate of drug-likeness (QED) is 0.924. The van der Waals surface area contributed by atoms with Crippen LogP contribution in [0.3, 0.4) is 0 Å². The molecule has 1 fully saturated rings. The zero-order chi connectivity index (χ0) is 14.0. The van der Waals surface area contributed by atoms with Gasteiger partial charge in [0.25, 0.3) is 0 Å². The number of nitrogens with one attached hydrogen (secondary N) is 1. The zero-order valence-electron chi connectivity index (χ0n) is 10.5. The Balaban J connectivity index is 2.34. The first-order chi connectivity index (χ1) is 9.02. The molecule has 2 rings (SSSR count). The van der Waals surface area contributed by atoms with Crippen LogP contribution in [0.5, 0.6) is 0 Å². The highest BCUT2D eigenvalue weighted by Crippen LogP contribution is 2.28. The van der Waals surface area contributed by atoms with Crippen molar-refractivity contribution in [2.75, 3.05) is 11.4 Å². The molecular weight excluding hydrogens is 315 g/mol. The summed E-state index contributed by atoms with van der Waals surface area (Å²) in [5, 5.41) is 2.66. The van der Waals surface area contributed by atoms with E-state index in [1.165, 1.54) is 23.1 Å². The van der Waals surface area contributed by atoms with Crippen LogP contribution in [-0.4, -0.2) is 24.4 Å². The Morgan fingerprint density at radius 1 is 1.47 bits per heavy atom. The van der Waals surface area contributed by atoms with Gasteiger partial charge in [-0.3, -0.25) is 14.5 Å². The fourth-order valence-electron chi connectivity index (χ4n) is 2.09. The van der Waals surface area contributed by atoms with Gasteiger partial charge in [0.1, 0.15) is 18.4 Å². The van der Waals surface area contributed by atoms with E-state index in [2.05, 4.69) is 21.2 Å². The monoisotopic (exact) mass is 328 g/mol. The van der Waals surface area contributed by atoms with E-state index in [0.717, 1.165) is 6.42 Å². The van der Waals surface area contributed by atoms with Crippen molar-refractivity contribution in [2.45, 2.75) is 25.8 Å². The fraction of sp³-hybridized carbons (Fsp3) is 0.385. The number of anilines is 1. The molecule has 6 heteroatoms. The van der Waals surface area contributed by atoms with Crippen LogP contribution in [0.4, 0.5) is 10.1 Å². The Hall–Kier alpha value is -1.43. The highest BCUT2D eigenvalue weighted by Gasteiger charge is 2.33. The summed E-state index contributed by atoms with van der Waals surface area (Å²) < 4.78 is 13.9. The number of carbonyl (C=O) groups excluding carboxylic acids is 2. The lowest BCUT2D eigenvalue weighted by Crippen LogP contribution is -2.58. The second-order valence-electron chi connectivity index (χ2n) is 4.43. The van der Waals surface area contributed by atoms with E-state index in [0.29, 0.717) is 16.6 Å². The summed E-state index contributed by atoms with van der Waals surface area (Å²) in [4.78, 5) is 25.3. The summed E-state index contributed by atoms with van der Waals surface area (Å²) >= 11 is 3.28. The van der Waals surface area contributed by atoms with Crippen LogP contribution in [0, 0.1) is 5.82 Å². The fourth-order valence-corrected chi connectivity index (χ4v) is 2.55. The first-order valence-corrected chi connectivity index (χ1v) is 6.88. The third-order valence-electron chi connectivity index (χ3n) is 2.98. The molecule has 4 nitrogen and oxygen atoms in total. The third-order valence-corrected chi connectivity index (χ3v) is 3.65. The van der Waals surface area contributed by atoms with Gasteiger partial charge in [-0.05, 0) is 40.5 Å². The smallest absolute Gasteiger partial charge is 0.250 e. The first kappa shape index (κ1) is 14.0. The van der Waals surface area contributed by atoms with Crippen LogP contribution in [0.15, 0.2) is 22.7 Å². The van der Waals surface area contributed by atoms with Gasteiger partial charge < -0.3 is 5.32 Å². The van der Waals surface area contributed by atoms with Crippen LogP contribution >= 0.6 is 15.9 Å². The molecule has 0 bridgehead atoms. The Labute approximate surface area is 119 Å². The number of benzene rings is 1. The van der Waals surface area contributed by atoms with Gasteiger partial charge in [0.05, 0.1) is 5.69 Å². The molecule has 1 atom stereocenters. The molecule has 0 spiro atoms. The maximum Gasteiger partial charge on any atom is 0.250 e. The Bertz CT molecular complexity index is 521. The number of carbonyl (C=O) groups is 2. The molecule has 1 aliphatic rings. The van der Waals surface area contributed by atoms with E-state index >= 15 is 0 Å². The van der Waals surface area contributed by atoms with Crippen molar-refractivity contribution in [3.8, 4) is 0 Å². The van der Waals surface area contributed by atoms with Crippen molar-refractivity contribution >= 4 is 33.4 Å². The topological polar surface area (TPSA) is 49.4 Å². The number of amides is 2. The number of hydrogen-bond donors (Lipinski definition) is 1. The minimum absolute atomic E-state index is 0.0822. The van der Waals surface area contributed by atoms with Crippen LogP contribution in [0.25, 0.3) is 0 Å². The molecule has 0 aliphatic carbocycles. The van der Waals surface area contributed by atoms with Gasteiger partial charge in [-0.1, -0.05) is 13.3 Å². The average Bonchev–Trinajstić information content (AvgIpc) is 2.37. The number of halogens is 2. The third kappa shape index (κ3) is 2.94. The van der Waals surface area contributed by atoms with Crippen LogP contribution in [-0.2, 0) is 9.59 Å². The molecule has 102 valence electrons. The van der Waals surface area contributed by atoms with E-state index in [-0.39, 0.29) is 18.4 Å². The molecule has 1 saturated heterocycles. The van der Waals surface area contributed by atoms with Gasteiger partial charge in [0, 0.05) is 4.47 Å². The first-order valence-electron chi connectivity index (χ1n) is 6.08. The van der Waals surface area contributed by atoms with Gasteiger partial charge in [0.15, 0.2) is 0 Å². The largest absolute Gasteiger partial charge is 0.343 e. The zero-order valence-corrected chi connectivity index (χ0v) is 12.0. The summed E-state index contributed by atoms with van der Waals surface area (Å²) in [6.45, 7) is 1.86. The lowest BCUT2D eigenvalue weighted by Gasteiger charge is -2.33. The summed E-state index contributed by atoms with van der Waals surface area (Å²) in [5.41, 5.74) is 0.390. The van der Waals surface area contributed by atoms with Crippen LogP contribution in [0.1, 0.15) is 19.8 Å². The Kier molecular flexibility index (Phi) is 4.19. The standard InChI is InChI=1S/C13H14BrFN2O2/c1-2-3-10-13(19)17(7-12(18)16-10)11-6-8(15)4-5-9(11)14/h4-6,10H,2-3,7H2,1H3,(H,16,18). The van der Waals surface area contributed by atoms with Gasteiger partial charge in [-0.15, -0.1) is 0 Å². The molecule has 1 aromatic carbocycles. The predicted octanol–water partition coefficient (Wildman–Crippen LogP) is 2.22. The summed E-state index contributed by atoms with van der Waals surface area (Å²) in [6.07, 6.45) is 1.36. The maximum absolute atomic E-state index is 13.3. The van der Waals surface area contributed by atoms with Crippen LogP contribution in [0.2, 0.25) is 0 Å². The van der Waals surface area contributed by atoms with E-state index in [4.69, 9.17) is 0 Å². The molecule has 1 aliphatic heterocycles. The lowest BCUT2D eigenvalue weighted by atomic mass is 10.1. The highest BCUT2D eigenvalue weighted by molar-refractivity contribution is 9.10. The number of piperazine rings is 1. The van der Waals surface area contributed by atoms with Crippen LogP contribution < -0.4 is 10.2 Å². The molecule has 0 radical (unpaired) electrons. The van der Waals surface area contributed by atoms with E-state index in [1.54, 1.807) is 0 Å². The van der Waals surface area contributed by atoms with Gasteiger partial charge in [0.2, 0.25) is 11.8 Å². The van der Waals surface area contributed by atoms with Gasteiger partial charge in [-0.2, -0.15) is 0 Å². The van der Waals surface area contributed by atoms with Crippen molar-refractivity contribution in [3.05, 3.63) is 28.5 Å². The minimum atomic E-state index is -0.526. The molecule has 1 heterocycles.